The van der Waals surface area contributed by atoms with Gasteiger partial charge in [-0.05, 0) is 68.8 Å². The van der Waals surface area contributed by atoms with E-state index in [0.29, 0.717) is 34.9 Å². The van der Waals surface area contributed by atoms with Gasteiger partial charge in [0.05, 0.1) is 12.7 Å². The van der Waals surface area contributed by atoms with E-state index in [1.165, 1.54) is 18.6 Å². The third-order valence-electron chi connectivity index (χ3n) is 4.85. The molecule has 0 saturated carbocycles. The number of anilines is 1. The lowest BCUT2D eigenvalue weighted by atomic mass is 10.0. The van der Waals surface area contributed by atoms with E-state index in [2.05, 4.69) is 26.1 Å². The lowest BCUT2D eigenvalue weighted by molar-refractivity contribution is -0.122. The Kier molecular flexibility index (Phi) is 8.76. The molecular formula is C25H29N7O4. The first-order chi connectivity index (χ1) is 17.3. The van der Waals surface area contributed by atoms with E-state index in [4.69, 9.17) is 20.6 Å². The molecule has 36 heavy (non-hydrogen) atoms. The highest BCUT2D eigenvalue weighted by atomic mass is 16.5. The lowest BCUT2D eigenvalue weighted by Crippen LogP contribution is -2.45. The van der Waals surface area contributed by atoms with Crippen LogP contribution in [0.15, 0.2) is 61.1 Å². The number of nitrogens with two attached hydrogens (primary N) is 1. The third-order valence-corrected chi connectivity index (χ3v) is 4.85. The number of nitrogens with one attached hydrogen (secondary N) is 4. The maximum atomic E-state index is 13.2. The Morgan fingerprint density at radius 3 is 2.42 bits per heavy atom. The molecule has 11 heteroatoms. The van der Waals surface area contributed by atoms with Crippen molar-refractivity contribution in [3.05, 3.63) is 77.9 Å². The zero-order chi connectivity index (χ0) is 26.1. The van der Waals surface area contributed by atoms with E-state index in [0.717, 1.165) is 0 Å². The van der Waals surface area contributed by atoms with Gasteiger partial charge in [0.15, 0.2) is 11.5 Å². The Labute approximate surface area is 208 Å². The topological polar surface area (TPSA) is 164 Å². The summed E-state index contributed by atoms with van der Waals surface area (Å²) in [5.74, 6) is -0.151. The number of nitrogens with zero attached hydrogens (tertiary/aromatic N) is 2. The summed E-state index contributed by atoms with van der Waals surface area (Å²) < 4.78 is 11.6. The number of nitrogen functional groups attached to an aromatic ring is 1. The molecule has 0 aliphatic heterocycles. The number of amidine groups is 1. The van der Waals surface area contributed by atoms with Gasteiger partial charge in [0, 0.05) is 17.4 Å². The Balaban J connectivity index is 1.88. The number of rotatable bonds is 10. The zero-order valence-corrected chi connectivity index (χ0v) is 20.2. The van der Waals surface area contributed by atoms with Crippen molar-refractivity contribution < 1.29 is 19.1 Å². The second-order valence-electron chi connectivity index (χ2n) is 7.91. The maximum Gasteiger partial charge on any atom is 0.288 e. The SMILES string of the molecule is CCOc1cc(C(Nc2ccc(C(=N)N)cc2)C(=O)NNC(=O)c2ccncn2)ccc1OC(C)C. The molecule has 0 aliphatic rings. The second kappa shape index (κ2) is 12.2. The standard InChI is InChI=1S/C25H29N7O4/c1-4-35-21-13-17(7-10-20(21)36-15(2)3)22(30-18-8-5-16(6-9-18)23(26)27)25(34)32-31-24(33)19-11-12-28-14-29-19/h5-15,22,30H,4H2,1-3H3,(H3,26,27)(H,31,33)(H,32,34). The van der Waals surface area contributed by atoms with Crippen LogP contribution in [0, 0.1) is 5.41 Å². The number of hydrazine groups is 1. The highest BCUT2D eigenvalue weighted by Crippen LogP contribution is 2.32. The fourth-order valence-electron chi connectivity index (χ4n) is 3.22. The van der Waals surface area contributed by atoms with Crippen molar-refractivity contribution in [2.24, 2.45) is 5.73 Å². The number of hydrogen-bond acceptors (Lipinski definition) is 8. The van der Waals surface area contributed by atoms with Crippen molar-refractivity contribution in [2.75, 3.05) is 11.9 Å². The Morgan fingerprint density at radius 2 is 1.81 bits per heavy atom. The summed E-state index contributed by atoms with van der Waals surface area (Å²) in [7, 11) is 0. The summed E-state index contributed by atoms with van der Waals surface area (Å²) in [4.78, 5) is 33.2. The minimum Gasteiger partial charge on any atom is -0.490 e. The highest BCUT2D eigenvalue weighted by Gasteiger charge is 2.24. The van der Waals surface area contributed by atoms with Crippen molar-refractivity contribution in [3.8, 4) is 11.5 Å². The van der Waals surface area contributed by atoms with E-state index in [9.17, 15) is 9.59 Å². The third kappa shape index (κ3) is 6.92. The van der Waals surface area contributed by atoms with Crippen molar-refractivity contribution in [1.82, 2.24) is 20.8 Å². The van der Waals surface area contributed by atoms with Gasteiger partial charge < -0.3 is 20.5 Å². The molecule has 0 fully saturated rings. The predicted octanol–water partition coefficient (Wildman–Crippen LogP) is 2.56. The van der Waals surface area contributed by atoms with Crippen molar-refractivity contribution >= 4 is 23.3 Å². The second-order valence-corrected chi connectivity index (χ2v) is 7.91. The van der Waals surface area contributed by atoms with E-state index in [-0.39, 0.29) is 17.6 Å². The molecule has 188 valence electrons. The summed E-state index contributed by atoms with van der Waals surface area (Å²) in [5, 5.41) is 10.7. The number of carbonyl (C=O) groups is 2. The van der Waals surface area contributed by atoms with Crippen LogP contribution in [0.25, 0.3) is 0 Å². The first-order valence-corrected chi connectivity index (χ1v) is 11.3. The van der Waals surface area contributed by atoms with Gasteiger partial charge in [0.25, 0.3) is 11.8 Å². The molecule has 3 rings (SSSR count). The van der Waals surface area contributed by atoms with Crippen LogP contribution in [0.3, 0.4) is 0 Å². The molecule has 1 atom stereocenters. The molecule has 0 spiro atoms. The molecular weight excluding hydrogens is 462 g/mol. The molecule has 1 unspecified atom stereocenters. The Morgan fingerprint density at radius 1 is 1.06 bits per heavy atom. The van der Waals surface area contributed by atoms with Crippen LogP contribution < -0.4 is 31.4 Å². The largest absolute Gasteiger partial charge is 0.490 e. The van der Waals surface area contributed by atoms with Gasteiger partial charge in [-0.2, -0.15) is 0 Å². The van der Waals surface area contributed by atoms with Gasteiger partial charge in [-0.1, -0.05) is 6.07 Å². The highest BCUT2D eigenvalue weighted by molar-refractivity contribution is 5.96. The summed E-state index contributed by atoms with van der Waals surface area (Å²) in [6, 6.07) is 12.4. The predicted molar refractivity (Wildman–Crippen MR) is 135 cm³/mol. The van der Waals surface area contributed by atoms with E-state index < -0.39 is 17.9 Å². The van der Waals surface area contributed by atoms with Gasteiger partial charge in [-0.3, -0.25) is 25.8 Å². The van der Waals surface area contributed by atoms with Crippen molar-refractivity contribution in [3.63, 3.8) is 0 Å². The zero-order valence-electron chi connectivity index (χ0n) is 20.2. The quantitative estimate of drug-likeness (QED) is 0.164. The average molecular weight is 492 g/mol. The maximum absolute atomic E-state index is 13.2. The lowest BCUT2D eigenvalue weighted by Gasteiger charge is -2.22. The molecule has 0 bridgehead atoms. The first kappa shape index (κ1) is 25.9. The summed E-state index contributed by atoms with van der Waals surface area (Å²) in [6.45, 7) is 6.08. The molecule has 0 aliphatic carbocycles. The average Bonchev–Trinajstić information content (AvgIpc) is 2.87. The van der Waals surface area contributed by atoms with Crippen LogP contribution >= 0.6 is 0 Å². The molecule has 2 amide bonds. The number of aromatic nitrogens is 2. The van der Waals surface area contributed by atoms with Gasteiger partial charge >= 0.3 is 0 Å². The van der Waals surface area contributed by atoms with Crippen molar-refractivity contribution in [2.45, 2.75) is 32.9 Å². The molecule has 1 heterocycles. The molecule has 2 aromatic carbocycles. The van der Waals surface area contributed by atoms with Gasteiger partial charge in [0.2, 0.25) is 0 Å². The number of ether oxygens (including phenoxy) is 2. The molecule has 1 aromatic heterocycles. The van der Waals surface area contributed by atoms with Crippen LogP contribution in [-0.4, -0.2) is 40.3 Å². The van der Waals surface area contributed by atoms with Crippen LogP contribution in [0.5, 0.6) is 11.5 Å². The summed E-state index contributed by atoms with van der Waals surface area (Å²) in [5.41, 5.74) is 12.2. The fraction of sp³-hybridized carbons (Fsp3) is 0.240. The van der Waals surface area contributed by atoms with E-state index in [1.807, 2.05) is 20.8 Å². The van der Waals surface area contributed by atoms with Gasteiger partial charge in [-0.15, -0.1) is 0 Å². The minimum absolute atomic E-state index is 0.0645. The number of benzene rings is 2. The minimum atomic E-state index is -0.925. The summed E-state index contributed by atoms with van der Waals surface area (Å²) >= 11 is 0. The van der Waals surface area contributed by atoms with E-state index in [1.54, 1.807) is 42.5 Å². The van der Waals surface area contributed by atoms with Crippen LogP contribution in [0.1, 0.15) is 48.4 Å². The van der Waals surface area contributed by atoms with Crippen LogP contribution in [-0.2, 0) is 4.79 Å². The molecule has 0 radical (unpaired) electrons. The number of hydrogen-bond donors (Lipinski definition) is 5. The molecule has 3 aromatic rings. The summed E-state index contributed by atoms with van der Waals surface area (Å²) in [6.07, 6.45) is 2.60. The Bertz CT molecular complexity index is 1200. The normalized spacial score (nSPS) is 11.3. The van der Waals surface area contributed by atoms with Crippen LogP contribution in [0.4, 0.5) is 5.69 Å². The number of carbonyl (C=O) groups excluding carboxylic acids is 2. The van der Waals surface area contributed by atoms with Crippen molar-refractivity contribution in [1.29, 1.82) is 5.41 Å². The van der Waals surface area contributed by atoms with Gasteiger partial charge in [0.1, 0.15) is 23.9 Å². The van der Waals surface area contributed by atoms with Crippen LogP contribution in [0.2, 0.25) is 0 Å². The fourth-order valence-corrected chi connectivity index (χ4v) is 3.22. The molecule has 0 saturated heterocycles. The first-order valence-electron chi connectivity index (χ1n) is 11.3. The number of amides is 2. The Hall–Kier alpha value is -4.67. The smallest absolute Gasteiger partial charge is 0.288 e. The van der Waals surface area contributed by atoms with Gasteiger partial charge in [-0.25, -0.2) is 9.97 Å². The van der Waals surface area contributed by atoms with E-state index >= 15 is 0 Å². The molecule has 11 nitrogen and oxygen atoms in total. The molecule has 6 N–H and O–H groups in total. The monoisotopic (exact) mass is 491 g/mol.